The molecule has 0 atom stereocenters. The number of methoxy groups -OCH3 is 1. The van der Waals surface area contributed by atoms with Crippen molar-refractivity contribution in [3.05, 3.63) is 64.4 Å². The molecule has 11 heteroatoms. The molecule has 0 unspecified atom stereocenters. The van der Waals surface area contributed by atoms with E-state index in [1.807, 2.05) is 31.2 Å². The van der Waals surface area contributed by atoms with Gasteiger partial charge in [0.1, 0.15) is 10.8 Å². The Morgan fingerprint density at radius 3 is 2.72 bits per heavy atom. The molecule has 2 N–H and O–H groups in total. The van der Waals surface area contributed by atoms with Gasteiger partial charge in [0.2, 0.25) is 4.96 Å². The molecular weight excluding hydrogens is 468 g/mol. The van der Waals surface area contributed by atoms with Gasteiger partial charge in [-0.05, 0) is 36.0 Å². The Hall–Kier alpha value is -3.08. The molecule has 2 aromatic carbocycles. The molecule has 1 amide bonds. The minimum atomic E-state index is -0.396. The molecule has 164 valence electrons. The van der Waals surface area contributed by atoms with Crippen molar-refractivity contribution in [1.29, 1.82) is 0 Å². The Balaban J connectivity index is 1.36. The third kappa shape index (κ3) is 4.72. The van der Waals surface area contributed by atoms with Crippen LogP contribution in [0.2, 0.25) is 5.02 Å². The number of amides is 1. The lowest BCUT2D eigenvalue weighted by molar-refractivity contribution is 0.0973. The molecule has 0 saturated heterocycles. The number of fused-ring (bicyclic) bond motifs is 1. The number of carbonyl (C=O) groups is 1. The van der Waals surface area contributed by atoms with Crippen LogP contribution in [0.15, 0.2) is 42.5 Å². The quantitative estimate of drug-likeness (QED) is 0.399. The summed E-state index contributed by atoms with van der Waals surface area (Å²) in [5.74, 6) is 0.864. The molecule has 8 nitrogen and oxygen atoms in total. The fraction of sp³-hybridized carbons (Fsp3) is 0.190. The Bertz CT molecular complexity index is 1290. The summed E-state index contributed by atoms with van der Waals surface area (Å²) in [5.41, 5.74) is 2.31. The van der Waals surface area contributed by atoms with Crippen LogP contribution in [-0.2, 0) is 13.0 Å². The van der Waals surface area contributed by atoms with Crippen LogP contribution in [0.4, 0.5) is 0 Å². The fourth-order valence-electron chi connectivity index (χ4n) is 3.01. The van der Waals surface area contributed by atoms with Crippen LogP contribution in [0.5, 0.6) is 5.75 Å². The maximum absolute atomic E-state index is 12.5. The molecule has 0 bridgehead atoms. The van der Waals surface area contributed by atoms with Gasteiger partial charge in [-0.15, -0.1) is 10.2 Å². The molecular formula is C21H19ClN6O2S2. The second-order valence-electron chi connectivity index (χ2n) is 6.75. The van der Waals surface area contributed by atoms with Crippen LogP contribution < -0.4 is 15.4 Å². The first-order chi connectivity index (χ1) is 15.5. The van der Waals surface area contributed by atoms with E-state index in [4.69, 9.17) is 28.6 Å². The molecule has 0 radical (unpaired) electrons. The zero-order chi connectivity index (χ0) is 22.7. The van der Waals surface area contributed by atoms with Crippen molar-refractivity contribution in [2.75, 3.05) is 7.11 Å². The monoisotopic (exact) mass is 486 g/mol. The highest BCUT2D eigenvalue weighted by molar-refractivity contribution is 7.80. The van der Waals surface area contributed by atoms with Crippen molar-refractivity contribution in [3.63, 3.8) is 0 Å². The predicted molar refractivity (Wildman–Crippen MR) is 128 cm³/mol. The summed E-state index contributed by atoms with van der Waals surface area (Å²) in [7, 11) is 1.49. The smallest absolute Gasteiger partial charge is 0.261 e. The van der Waals surface area contributed by atoms with Gasteiger partial charge in [0.25, 0.3) is 5.91 Å². The molecule has 2 aromatic heterocycles. The molecule has 32 heavy (non-hydrogen) atoms. The van der Waals surface area contributed by atoms with E-state index in [2.05, 4.69) is 25.9 Å². The van der Waals surface area contributed by atoms with E-state index in [0.29, 0.717) is 22.9 Å². The zero-order valence-corrected chi connectivity index (χ0v) is 19.6. The maximum atomic E-state index is 12.5. The average molecular weight is 487 g/mol. The molecule has 0 spiro atoms. The molecule has 0 fully saturated rings. The summed E-state index contributed by atoms with van der Waals surface area (Å²) in [6, 6.07) is 12.8. The Kier molecular flexibility index (Phi) is 6.63. The van der Waals surface area contributed by atoms with Gasteiger partial charge in [-0.2, -0.15) is 9.61 Å². The highest BCUT2D eigenvalue weighted by Gasteiger charge is 2.15. The highest BCUT2D eigenvalue weighted by Crippen LogP contribution is 2.26. The minimum absolute atomic E-state index is 0.210. The topological polar surface area (TPSA) is 93.4 Å². The van der Waals surface area contributed by atoms with Crippen LogP contribution in [0.25, 0.3) is 15.5 Å². The van der Waals surface area contributed by atoms with Crippen LogP contribution in [0.3, 0.4) is 0 Å². The Morgan fingerprint density at radius 1 is 1.22 bits per heavy atom. The van der Waals surface area contributed by atoms with Crippen molar-refractivity contribution in [2.24, 2.45) is 0 Å². The number of hydrogen-bond acceptors (Lipinski definition) is 7. The van der Waals surface area contributed by atoms with Crippen LogP contribution >= 0.6 is 35.2 Å². The van der Waals surface area contributed by atoms with Crippen molar-refractivity contribution >= 4 is 51.1 Å². The third-order valence-electron chi connectivity index (χ3n) is 4.66. The second-order valence-corrected chi connectivity index (χ2v) is 8.55. The fourth-order valence-corrected chi connectivity index (χ4v) is 4.22. The maximum Gasteiger partial charge on any atom is 0.261 e. The number of hydrogen-bond donors (Lipinski definition) is 2. The van der Waals surface area contributed by atoms with Gasteiger partial charge in [-0.3, -0.25) is 10.1 Å². The molecule has 2 heterocycles. The van der Waals surface area contributed by atoms with Gasteiger partial charge < -0.3 is 10.1 Å². The molecule has 4 rings (SSSR count). The molecule has 0 aliphatic rings. The summed E-state index contributed by atoms with van der Waals surface area (Å²) in [6.45, 7) is 2.48. The van der Waals surface area contributed by atoms with Crippen LogP contribution in [-0.4, -0.2) is 37.9 Å². The first-order valence-electron chi connectivity index (χ1n) is 9.71. The largest absolute Gasteiger partial charge is 0.496 e. The lowest BCUT2D eigenvalue weighted by Gasteiger charge is -2.12. The number of nitrogens with one attached hydrogen (secondary N) is 2. The van der Waals surface area contributed by atoms with E-state index in [0.717, 1.165) is 33.3 Å². The number of carbonyl (C=O) groups excluding carboxylic acids is 1. The van der Waals surface area contributed by atoms with Gasteiger partial charge in [0.05, 0.1) is 12.7 Å². The van der Waals surface area contributed by atoms with E-state index in [-0.39, 0.29) is 5.11 Å². The SMILES string of the molecule is CCc1nnc2sc(-c3ccc(CNC(=S)NC(=O)c4cc(Cl)ccc4OC)cc3)nn12. The number of rotatable bonds is 6. The van der Waals surface area contributed by atoms with E-state index in [9.17, 15) is 4.79 Å². The number of nitrogens with zero attached hydrogens (tertiary/aromatic N) is 4. The van der Waals surface area contributed by atoms with E-state index in [1.165, 1.54) is 24.5 Å². The molecule has 0 aliphatic carbocycles. The number of benzene rings is 2. The average Bonchev–Trinajstić information content (AvgIpc) is 3.39. The summed E-state index contributed by atoms with van der Waals surface area (Å²) < 4.78 is 6.99. The number of thiocarbonyl (C=S) groups is 1. The van der Waals surface area contributed by atoms with Crippen LogP contribution in [0.1, 0.15) is 28.7 Å². The van der Waals surface area contributed by atoms with E-state index < -0.39 is 5.91 Å². The lowest BCUT2D eigenvalue weighted by Crippen LogP contribution is -2.39. The molecule has 4 aromatic rings. The number of halogens is 1. The van der Waals surface area contributed by atoms with E-state index in [1.54, 1.807) is 16.6 Å². The number of ether oxygens (including phenoxy) is 1. The number of aromatic nitrogens is 4. The molecule has 0 aliphatic heterocycles. The normalized spacial score (nSPS) is 10.8. The summed E-state index contributed by atoms with van der Waals surface area (Å²) >= 11 is 12.7. The number of aryl methyl sites for hydroxylation is 1. The standard InChI is InChI=1S/C21H19ClN6O2S2/c1-3-17-25-26-21-28(17)27-19(32-21)13-6-4-12(5-7-13)11-23-20(31)24-18(29)15-10-14(22)8-9-16(15)30-2/h4-10H,3,11H2,1-2H3,(H2,23,24,29,31). The van der Waals surface area contributed by atoms with Gasteiger partial charge in [0, 0.05) is 23.6 Å². The van der Waals surface area contributed by atoms with Crippen molar-refractivity contribution < 1.29 is 9.53 Å². The van der Waals surface area contributed by atoms with Gasteiger partial charge in [-0.1, -0.05) is 54.1 Å². The molecule has 0 saturated carbocycles. The van der Waals surface area contributed by atoms with E-state index >= 15 is 0 Å². The van der Waals surface area contributed by atoms with Crippen molar-refractivity contribution in [1.82, 2.24) is 30.4 Å². The minimum Gasteiger partial charge on any atom is -0.496 e. The van der Waals surface area contributed by atoms with Gasteiger partial charge in [0.15, 0.2) is 10.9 Å². The first-order valence-corrected chi connectivity index (χ1v) is 11.3. The lowest BCUT2D eigenvalue weighted by atomic mass is 10.1. The Labute approximate surface area is 198 Å². The Morgan fingerprint density at radius 2 is 2.00 bits per heavy atom. The zero-order valence-electron chi connectivity index (χ0n) is 17.3. The summed E-state index contributed by atoms with van der Waals surface area (Å²) in [4.78, 5) is 13.3. The van der Waals surface area contributed by atoms with Crippen molar-refractivity contribution in [3.8, 4) is 16.3 Å². The third-order valence-corrected chi connectivity index (χ3v) is 6.09. The highest BCUT2D eigenvalue weighted by atomic mass is 35.5. The predicted octanol–water partition coefficient (Wildman–Crippen LogP) is 3.88. The van der Waals surface area contributed by atoms with Gasteiger partial charge in [-0.25, -0.2) is 0 Å². The van der Waals surface area contributed by atoms with Crippen molar-refractivity contribution in [2.45, 2.75) is 19.9 Å². The first kappa shape index (κ1) is 22.1. The summed E-state index contributed by atoms with van der Waals surface area (Å²) in [5, 5.41) is 20.1. The summed E-state index contributed by atoms with van der Waals surface area (Å²) in [6.07, 6.45) is 0.773. The van der Waals surface area contributed by atoms with Crippen LogP contribution in [0, 0.1) is 0 Å². The van der Waals surface area contributed by atoms with Gasteiger partial charge >= 0.3 is 0 Å². The second kappa shape index (κ2) is 9.60.